The van der Waals surface area contributed by atoms with Gasteiger partial charge in [0.15, 0.2) is 0 Å². The number of nitrogens with zero attached hydrogens (tertiary/aromatic N) is 2. The molecule has 0 saturated carbocycles. The molecule has 2 atom stereocenters. The number of hydrogen-bond donors (Lipinski definition) is 2. The van der Waals surface area contributed by atoms with Crippen LogP contribution in [-0.4, -0.2) is 28.1 Å². The summed E-state index contributed by atoms with van der Waals surface area (Å²) < 4.78 is 0. The van der Waals surface area contributed by atoms with Crippen molar-refractivity contribution in [2.75, 3.05) is 5.32 Å². The molecule has 0 aliphatic rings. The van der Waals surface area contributed by atoms with Gasteiger partial charge in [-0.05, 0) is 31.6 Å². The summed E-state index contributed by atoms with van der Waals surface area (Å²) in [4.78, 5) is 24.6. The van der Waals surface area contributed by atoms with Gasteiger partial charge in [-0.25, -0.2) is 0 Å². The maximum atomic E-state index is 12.4. The van der Waals surface area contributed by atoms with E-state index in [9.17, 15) is 9.59 Å². The molecule has 0 bridgehead atoms. The van der Waals surface area contributed by atoms with Gasteiger partial charge in [0, 0.05) is 12.0 Å². The van der Waals surface area contributed by atoms with Gasteiger partial charge in [-0.2, -0.15) is 0 Å². The van der Waals surface area contributed by atoms with E-state index in [1.807, 2.05) is 31.2 Å². The first-order chi connectivity index (χ1) is 13.0. The number of carbonyl (C=O) groups is 2. The number of aromatic nitrogens is 2. The molecule has 1 aromatic carbocycles. The Morgan fingerprint density at radius 1 is 1.11 bits per heavy atom. The Kier molecular flexibility index (Phi) is 7.29. The number of hydrogen-bond acceptors (Lipinski definition) is 5. The second kappa shape index (κ2) is 9.28. The van der Waals surface area contributed by atoms with Gasteiger partial charge in [0.1, 0.15) is 11.0 Å². The van der Waals surface area contributed by atoms with Crippen molar-refractivity contribution in [3.8, 4) is 10.6 Å². The third-order valence-electron chi connectivity index (χ3n) is 4.22. The van der Waals surface area contributed by atoms with Gasteiger partial charge in [-0.15, -0.1) is 10.2 Å². The smallest absolute Gasteiger partial charge is 0.248 e. The Labute approximate surface area is 171 Å². The molecule has 2 N–H and O–H groups in total. The van der Waals surface area contributed by atoms with E-state index in [4.69, 9.17) is 0 Å². The van der Waals surface area contributed by atoms with Crippen LogP contribution in [0.2, 0.25) is 0 Å². The number of carbonyl (C=O) groups excluding carboxylic acids is 2. The van der Waals surface area contributed by atoms with Gasteiger partial charge in [0.05, 0.1) is 0 Å². The summed E-state index contributed by atoms with van der Waals surface area (Å²) in [6.45, 7) is 12.2. The second-order valence-corrected chi connectivity index (χ2v) is 9.61. The normalized spacial score (nSPS) is 13.6. The topological polar surface area (TPSA) is 84.0 Å². The molecular weight excluding hydrogens is 372 g/mol. The Balaban J connectivity index is 1.87. The summed E-state index contributed by atoms with van der Waals surface area (Å²) in [6, 6.07) is 7.33. The summed E-state index contributed by atoms with van der Waals surface area (Å²) in [6.07, 6.45) is 1.36. The van der Waals surface area contributed by atoms with Crippen molar-refractivity contribution in [2.24, 2.45) is 11.3 Å². The molecule has 0 spiro atoms. The fourth-order valence-electron chi connectivity index (χ4n) is 3.10. The van der Waals surface area contributed by atoms with Gasteiger partial charge in [0.2, 0.25) is 16.9 Å². The van der Waals surface area contributed by atoms with Crippen LogP contribution >= 0.6 is 11.3 Å². The molecule has 6 nitrogen and oxygen atoms in total. The van der Waals surface area contributed by atoms with E-state index in [0.717, 1.165) is 17.0 Å². The summed E-state index contributed by atoms with van der Waals surface area (Å²) in [7, 11) is 0. The standard InChI is InChI=1S/C21H30N4O2S/c1-13-7-9-16(10-8-13)19-24-25-20(28-19)23-18(27)15(3)22-17(26)11-14(2)12-21(4,5)6/h7-10,14-15H,11-12H2,1-6H3,(H,22,26)(H,23,25,27)/t14-,15-/m1/s1. The Morgan fingerprint density at radius 3 is 2.36 bits per heavy atom. The van der Waals surface area contributed by atoms with E-state index in [-0.39, 0.29) is 23.1 Å². The largest absolute Gasteiger partial charge is 0.345 e. The van der Waals surface area contributed by atoms with Crippen LogP contribution < -0.4 is 10.6 Å². The molecular formula is C21H30N4O2S. The van der Waals surface area contributed by atoms with Gasteiger partial charge in [-0.1, -0.05) is 68.9 Å². The van der Waals surface area contributed by atoms with Crippen LogP contribution in [0.1, 0.15) is 53.0 Å². The number of aryl methyl sites for hydroxylation is 1. The van der Waals surface area contributed by atoms with Crippen molar-refractivity contribution in [3.63, 3.8) is 0 Å². The van der Waals surface area contributed by atoms with Crippen molar-refractivity contribution < 1.29 is 9.59 Å². The fraction of sp³-hybridized carbons (Fsp3) is 0.524. The van der Waals surface area contributed by atoms with E-state index < -0.39 is 6.04 Å². The number of amides is 2. The first-order valence-electron chi connectivity index (χ1n) is 9.54. The van der Waals surface area contributed by atoms with Crippen LogP contribution in [0.3, 0.4) is 0 Å². The zero-order valence-electron chi connectivity index (χ0n) is 17.5. The summed E-state index contributed by atoms with van der Waals surface area (Å²) in [5.41, 5.74) is 2.30. The molecule has 0 aliphatic heterocycles. The third kappa shape index (κ3) is 7.03. The predicted molar refractivity (Wildman–Crippen MR) is 114 cm³/mol. The third-order valence-corrected chi connectivity index (χ3v) is 5.11. The first-order valence-corrected chi connectivity index (χ1v) is 10.4. The minimum absolute atomic E-state index is 0.114. The predicted octanol–water partition coefficient (Wildman–Crippen LogP) is 4.42. The lowest BCUT2D eigenvalue weighted by Gasteiger charge is -2.23. The van der Waals surface area contributed by atoms with Crippen molar-refractivity contribution in [1.29, 1.82) is 0 Å². The summed E-state index contributed by atoms with van der Waals surface area (Å²) >= 11 is 1.31. The highest BCUT2D eigenvalue weighted by Crippen LogP contribution is 2.27. The minimum Gasteiger partial charge on any atom is -0.345 e. The lowest BCUT2D eigenvalue weighted by atomic mass is 9.84. The number of anilines is 1. The molecule has 0 fully saturated rings. The Hall–Kier alpha value is -2.28. The molecule has 0 unspecified atom stereocenters. The van der Waals surface area contributed by atoms with Crippen LogP contribution in [0.15, 0.2) is 24.3 Å². The summed E-state index contributed by atoms with van der Waals surface area (Å²) in [5, 5.41) is 14.8. The Bertz CT molecular complexity index is 809. The van der Waals surface area contributed by atoms with E-state index in [0.29, 0.717) is 11.6 Å². The highest BCUT2D eigenvalue weighted by molar-refractivity contribution is 7.18. The molecule has 0 saturated heterocycles. The number of rotatable bonds is 7. The second-order valence-electron chi connectivity index (χ2n) is 8.63. The maximum absolute atomic E-state index is 12.4. The van der Waals surface area contributed by atoms with E-state index in [1.54, 1.807) is 6.92 Å². The average Bonchev–Trinajstić information content (AvgIpc) is 3.01. The van der Waals surface area contributed by atoms with Crippen molar-refractivity contribution in [1.82, 2.24) is 15.5 Å². The average molecular weight is 403 g/mol. The monoisotopic (exact) mass is 402 g/mol. The van der Waals surface area contributed by atoms with E-state index >= 15 is 0 Å². The van der Waals surface area contributed by atoms with Crippen LogP contribution in [-0.2, 0) is 9.59 Å². The van der Waals surface area contributed by atoms with Crippen molar-refractivity contribution in [2.45, 2.75) is 60.4 Å². The van der Waals surface area contributed by atoms with Crippen LogP contribution in [0.4, 0.5) is 5.13 Å². The van der Waals surface area contributed by atoms with Crippen molar-refractivity contribution in [3.05, 3.63) is 29.8 Å². The number of nitrogens with one attached hydrogen (secondary N) is 2. The van der Waals surface area contributed by atoms with Crippen LogP contribution in [0.25, 0.3) is 10.6 Å². The van der Waals surface area contributed by atoms with Gasteiger partial charge in [0.25, 0.3) is 0 Å². The molecule has 0 aliphatic carbocycles. The molecule has 28 heavy (non-hydrogen) atoms. The molecule has 1 aromatic heterocycles. The molecule has 1 heterocycles. The van der Waals surface area contributed by atoms with Crippen LogP contribution in [0.5, 0.6) is 0 Å². The van der Waals surface area contributed by atoms with E-state index in [2.05, 4.69) is 48.5 Å². The molecule has 0 radical (unpaired) electrons. The van der Waals surface area contributed by atoms with Gasteiger partial charge >= 0.3 is 0 Å². The molecule has 152 valence electrons. The quantitative estimate of drug-likeness (QED) is 0.718. The molecule has 2 rings (SSSR count). The molecule has 2 amide bonds. The van der Waals surface area contributed by atoms with Gasteiger partial charge in [-0.3, -0.25) is 14.9 Å². The Morgan fingerprint density at radius 2 is 1.75 bits per heavy atom. The highest BCUT2D eigenvalue weighted by Gasteiger charge is 2.21. The maximum Gasteiger partial charge on any atom is 0.248 e. The lowest BCUT2D eigenvalue weighted by Crippen LogP contribution is -2.42. The fourth-order valence-corrected chi connectivity index (χ4v) is 3.85. The van der Waals surface area contributed by atoms with Crippen LogP contribution in [0, 0.1) is 18.3 Å². The summed E-state index contributed by atoms with van der Waals surface area (Å²) in [5.74, 6) is -0.157. The van der Waals surface area contributed by atoms with Gasteiger partial charge < -0.3 is 5.32 Å². The molecule has 2 aromatic rings. The first kappa shape index (κ1) is 22.0. The lowest BCUT2D eigenvalue weighted by molar-refractivity contribution is -0.126. The molecule has 7 heteroatoms. The zero-order valence-corrected chi connectivity index (χ0v) is 18.3. The SMILES string of the molecule is Cc1ccc(-c2nnc(NC(=O)[C@@H](C)NC(=O)C[C@@H](C)CC(C)(C)C)s2)cc1. The van der Waals surface area contributed by atoms with Crippen molar-refractivity contribution >= 4 is 28.3 Å². The zero-order chi connectivity index (χ0) is 20.9. The number of benzene rings is 1. The highest BCUT2D eigenvalue weighted by atomic mass is 32.1. The van der Waals surface area contributed by atoms with E-state index in [1.165, 1.54) is 16.9 Å². The minimum atomic E-state index is -0.638.